The molecule has 0 fully saturated rings. The molecule has 0 bridgehead atoms. The van der Waals surface area contributed by atoms with Crippen molar-refractivity contribution in [3.63, 3.8) is 0 Å². The van der Waals surface area contributed by atoms with Crippen LogP contribution in [-0.4, -0.2) is 13.1 Å². The third kappa shape index (κ3) is 6.19. The minimum Gasteiger partial charge on any atom is -0.489 e. The van der Waals surface area contributed by atoms with Crippen LogP contribution in [0.4, 0.5) is 0 Å². The van der Waals surface area contributed by atoms with Crippen molar-refractivity contribution < 1.29 is 4.74 Å². The first-order chi connectivity index (χ1) is 11.7. The average Bonchev–Trinajstić information content (AvgIpc) is 2.60. The molecule has 0 spiro atoms. The maximum atomic E-state index is 5.84. The molecule has 1 unspecified atom stereocenters. The summed E-state index contributed by atoms with van der Waals surface area (Å²) in [4.78, 5) is 0. The molecular formula is C21H28N2O. The van der Waals surface area contributed by atoms with Gasteiger partial charge in [-0.1, -0.05) is 54.1 Å². The minimum atomic E-state index is 0.272. The van der Waals surface area contributed by atoms with Gasteiger partial charge in [-0.05, 0) is 50.1 Å². The van der Waals surface area contributed by atoms with Crippen LogP contribution in [0.15, 0.2) is 66.2 Å². The maximum absolute atomic E-state index is 5.84. The number of nitrogens with two attached hydrogens (primary N) is 1. The second-order valence-electron chi connectivity index (χ2n) is 6.16. The Kier molecular flexibility index (Phi) is 7.53. The van der Waals surface area contributed by atoms with Gasteiger partial charge in [-0.3, -0.25) is 0 Å². The fraction of sp³-hybridized carbons (Fsp3) is 0.333. The summed E-state index contributed by atoms with van der Waals surface area (Å²) in [6, 6.07) is 18.8. The van der Waals surface area contributed by atoms with E-state index in [1.807, 2.05) is 30.3 Å². The lowest BCUT2D eigenvalue weighted by molar-refractivity contribution is 0.306. The van der Waals surface area contributed by atoms with Crippen molar-refractivity contribution in [1.82, 2.24) is 5.32 Å². The van der Waals surface area contributed by atoms with Crippen molar-refractivity contribution in [3.8, 4) is 5.75 Å². The Morgan fingerprint density at radius 1 is 1.08 bits per heavy atom. The molecular weight excluding hydrogens is 296 g/mol. The zero-order chi connectivity index (χ0) is 17.2. The lowest BCUT2D eigenvalue weighted by Gasteiger charge is -2.18. The van der Waals surface area contributed by atoms with E-state index in [2.05, 4.69) is 49.5 Å². The van der Waals surface area contributed by atoms with Gasteiger partial charge >= 0.3 is 0 Å². The third-order valence-corrected chi connectivity index (χ3v) is 3.86. The topological polar surface area (TPSA) is 47.3 Å². The number of nitrogens with one attached hydrogen (secondary N) is 1. The van der Waals surface area contributed by atoms with Gasteiger partial charge in [0.15, 0.2) is 0 Å². The Labute approximate surface area is 145 Å². The molecule has 3 nitrogen and oxygen atoms in total. The normalized spacial score (nSPS) is 11.8. The van der Waals surface area contributed by atoms with Crippen LogP contribution in [-0.2, 0) is 6.61 Å². The molecule has 3 heteroatoms. The van der Waals surface area contributed by atoms with E-state index in [4.69, 9.17) is 10.5 Å². The maximum Gasteiger partial charge on any atom is 0.119 e. The second-order valence-corrected chi connectivity index (χ2v) is 6.16. The molecule has 24 heavy (non-hydrogen) atoms. The minimum absolute atomic E-state index is 0.272. The number of rotatable bonds is 9. The molecule has 128 valence electrons. The molecule has 0 saturated heterocycles. The highest BCUT2D eigenvalue weighted by Gasteiger charge is 2.09. The van der Waals surface area contributed by atoms with Gasteiger partial charge in [0.25, 0.3) is 0 Å². The Balaban J connectivity index is 1.93. The summed E-state index contributed by atoms with van der Waals surface area (Å²) in [5, 5.41) is 3.55. The molecule has 2 aromatic carbocycles. The zero-order valence-electron chi connectivity index (χ0n) is 14.7. The Hall–Kier alpha value is -2.10. The highest BCUT2D eigenvalue weighted by molar-refractivity contribution is 5.29. The smallest absolute Gasteiger partial charge is 0.119 e. The van der Waals surface area contributed by atoms with Gasteiger partial charge < -0.3 is 15.8 Å². The molecule has 0 aliphatic carbocycles. The molecule has 2 rings (SSSR count). The summed E-state index contributed by atoms with van der Waals surface area (Å²) in [5.74, 6) is 0.887. The molecule has 0 radical (unpaired) electrons. The number of benzene rings is 2. The van der Waals surface area contributed by atoms with Crippen LogP contribution in [0.2, 0.25) is 0 Å². The average molecular weight is 324 g/mol. The highest BCUT2D eigenvalue weighted by Crippen LogP contribution is 2.21. The van der Waals surface area contributed by atoms with Crippen LogP contribution in [0.3, 0.4) is 0 Å². The fourth-order valence-corrected chi connectivity index (χ4v) is 2.50. The standard InChI is InChI=1S/C21H28N2O/c1-17(2)13-15-23-21(12-14-22)19-8-10-20(11-9-19)24-16-18-6-4-3-5-7-18/h3-11,13,21,23H,12,14-16,22H2,1-2H3. The van der Waals surface area contributed by atoms with Crippen LogP contribution in [0.1, 0.15) is 37.4 Å². The summed E-state index contributed by atoms with van der Waals surface area (Å²) >= 11 is 0. The van der Waals surface area contributed by atoms with Gasteiger partial charge in [-0.15, -0.1) is 0 Å². The van der Waals surface area contributed by atoms with Gasteiger partial charge in [-0.2, -0.15) is 0 Å². The van der Waals surface area contributed by atoms with E-state index in [9.17, 15) is 0 Å². The first kappa shape index (κ1) is 18.2. The Morgan fingerprint density at radius 3 is 2.42 bits per heavy atom. The highest BCUT2D eigenvalue weighted by atomic mass is 16.5. The molecule has 0 saturated carbocycles. The SMILES string of the molecule is CC(C)=CCNC(CCN)c1ccc(OCc2ccccc2)cc1. The van der Waals surface area contributed by atoms with Crippen LogP contribution >= 0.6 is 0 Å². The largest absolute Gasteiger partial charge is 0.489 e. The van der Waals surface area contributed by atoms with Gasteiger partial charge in [0.05, 0.1) is 0 Å². The number of ether oxygens (including phenoxy) is 1. The molecule has 0 aromatic heterocycles. The van der Waals surface area contributed by atoms with E-state index in [1.54, 1.807) is 0 Å². The van der Waals surface area contributed by atoms with Gasteiger partial charge in [0, 0.05) is 12.6 Å². The van der Waals surface area contributed by atoms with E-state index >= 15 is 0 Å². The Bertz CT molecular complexity index is 616. The van der Waals surface area contributed by atoms with Crippen molar-refractivity contribution in [2.45, 2.75) is 32.9 Å². The predicted molar refractivity (Wildman–Crippen MR) is 101 cm³/mol. The summed E-state index contributed by atoms with van der Waals surface area (Å²) in [7, 11) is 0. The van der Waals surface area contributed by atoms with E-state index in [-0.39, 0.29) is 6.04 Å². The lowest BCUT2D eigenvalue weighted by Crippen LogP contribution is -2.24. The fourth-order valence-electron chi connectivity index (χ4n) is 2.50. The number of hydrogen-bond donors (Lipinski definition) is 2. The summed E-state index contributed by atoms with van der Waals surface area (Å²) < 4.78 is 5.84. The van der Waals surface area contributed by atoms with Gasteiger partial charge in [0.1, 0.15) is 12.4 Å². The second kappa shape index (κ2) is 9.91. The number of hydrogen-bond acceptors (Lipinski definition) is 3. The van der Waals surface area contributed by atoms with Crippen molar-refractivity contribution in [1.29, 1.82) is 0 Å². The lowest BCUT2D eigenvalue weighted by atomic mass is 10.0. The van der Waals surface area contributed by atoms with Gasteiger partial charge in [-0.25, -0.2) is 0 Å². The number of allylic oxidation sites excluding steroid dienone is 1. The summed E-state index contributed by atoms with van der Waals surface area (Å²) in [5.41, 5.74) is 9.50. The van der Waals surface area contributed by atoms with Crippen molar-refractivity contribution >= 4 is 0 Å². The molecule has 0 aliphatic heterocycles. The van der Waals surface area contributed by atoms with E-state index in [0.29, 0.717) is 13.2 Å². The van der Waals surface area contributed by atoms with Crippen LogP contribution < -0.4 is 15.8 Å². The molecule has 0 aliphatic rings. The molecule has 3 N–H and O–H groups in total. The quantitative estimate of drug-likeness (QED) is 0.679. The first-order valence-electron chi connectivity index (χ1n) is 8.52. The van der Waals surface area contributed by atoms with Gasteiger partial charge in [0.2, 0.25) is 0 Å². The third-order valence-electron chi connectivity index (χ3n) is 3.86. The molecule has 0 amide bonds. The Morgan fingerprint density at radius 2 is 1.79 bits per heavy atom. The first-order valence-corrected chi connectivity index (χ1v) is 8.52. The van der Waals surface area contributed by atoms with E-state index in [0.717, 1.165) is 18.7 Å². The summed E-state index contributed by atoms with van der Waals surface area (Å²) in [6.07, 6.45) is 3.11. The van der Waals surface area contributed by atoms with Crippen molar-refractivity contribution in [2.24, 2.45) is 5.73 Å². The van der Waals surface area contributed by atoms with Crippen molar-refractivity contribution in [3.05, 3.63) is 77.4 Å². The monoisotopic (exact) mass is 324 g/mol. The predicted octanol–water partition coefficient (Wildman–Crippen LogP) is 4.21. The molecule has 1 atom stereocenters. The molecule has 2 aromatic rings. The van der Waals surface area contributed by atoms with Crippen LogP contribution in [0.25, 0.3) is 0 Å². The van der Waals surface area contributed by atoms with E-state index < -0.39 is 0 Å². The van der Waals surface area contributed by atoms with Crippen LogP contribution in [0, 0.1) is 0 Å². The van der Waals surface area contributed by atoms with E-state index in [1.165, 1.54) is 16.7 Å². The zero-order valence-corrected chi connectivity index (χ0v) is 14.7. The summed E-state index contributed by atoms with van der Waals surface area (Å²) in [6.45, 7) is 6.33. The molecule has 0 heterocycles. The van der Waals surface area contributed by atoms with Crippen molar-refractivity contribution in [2.75, 3.05) is 13.1 Å². The van der Waals surface area contributed by atoms with Crippen LogP contribution in [0.5, 0.6) is 5.75 Å².